The maximum atomic E-state index is 11.9. The van der Waals surface area contributed by atoms with Crippen LogP contribution in [-0.4, -0.2) is 33.8 Å². The van der Waals surface area contributed by atoms with Crippen molar-refractivity contribution in [1.29, 1.82) is 0 Å². The Bertz CT molecular complexity index is 533. The number of imide groups is 1. The summed E-state index contributed by atoms with van der Waals surface area (Å²) in [5.41, 5.74) is 0.547. The van der Waals surface area contributed by atoms with Crippen LogP contribution in [0.1, 0.15) is 33.6 Å². The molecule has 2 amide bonds. The lowest BCUT2D eigenvalue weighted by atomic mass is 10.1. The van der Waals surface area contributed by atoms with Crippen LogP contribution in [0.25, 0.3) is 0 Å². The highest BCUT2D eigenvalue weighted by molar-refractivity contribution is 8.00. The minimum absolute atomic E-state index is 0.165. The van der Waals surface area contributed by atoms with E-state index >= 15 is 0 Å². The van der Waals surface area contributed by atoms with Gasteiger partial charge in [0, 0.05) is 5.25 Å². The average Bonchev–Trinajstić information content (AvgIpc) is 3.22. The van der Waals surface area contributed by atoms with Crippen molar-refractivity contribution in [2.45, 2.75) is 18.1 Å². The van der Waals surface area contributed by atoms with E-state index in [1.165, 1.54) is 11.8 Å². The van der Waals surface area contributed by atoms with Gasteiger partial charge in [0.25, 0.3) is 11.8 Å². The second-order valence-electron chi connectivity index (χ2n) is 4.42. The number of amides is 2. The summed E-state index contributed by atoms with van der Waals surface area (Å²) in [4.78, 5) is 40.3. The van der Waals surface area contributed by atoms with Gasteiger partial charge >= 0.3 is 5.97 Å². The van der Waals surface area contributed by atoms with Crippen molar-refractivity contribution in [2.75, 3.05) is 5.75 Å². The van der Waals surface area contributed by atoms with Gasteiger partial charge in [-0.3, -0.25) is 9.59 Å². The number of benzene rings is 1. The predicted octanol–water partition coefficient (Wildman–Crippen LogP) is 1.64. The third-order valence-corrected chi connectivity index (χ3v) is 4.26. The number of fused-ring (bicyclic) bond motifs is 1. The van der Waals surface area contributed by atoms with E-state index in [0.717, 1.165) is 12.8 Å². The zero-order chi connectivity index (χ0) is 13.4. The zero-order valence-electron chi connectivity index (χ0n) is 10.00. The topological polar surface area (TPSA) is 63.7 Å². The van der Waals surface area contributed by atoms with Crippen LogP contribution in [0.4, 0.5) is 0 Å². The van der Waals surface area contributed by atoms with Crippen LogP contribution < -0.4 is 0 Å². The van der Waals surface area contributed by atoms with Gasteiger partial charge in [0.1, 0.15) is 0 Å². The predicted molar refractivity (Wildman–Crippen MR) is 68.5 cm³/mol. The monoisotopic (exact) mass is 277 g/mol. The Morgan fingerprint density at radius 1 is 1.21 bits per heavy atom. The van der Waals surface area contributed by atoms with Gasteiger partial charge in [-0.2, -0.15) is 0 Å². The molecule has 1 heterocycles. The largest absolute Gasteiger partial charge is 0.343 e. The molecule has 1 aliphatic carbocycles. The van der Waals surface area contributed by atoms with Gasteiger partial charge in [-0.15, -0.1) is 11.8 Å². The maximum Gasteiger partial charge on any atom is 0.343 e. The van der Waals surface area contributed by atoms with E-state index in [2.05, 4.69) is 0 Å². The number of hydrogen-bond acceptors (Lipinski definition) is 5. The molecule has 1 aliphatic heterocycles. The van der Waals surface area contributed by atoms with Gasteiger partial charge in [0.05, 0.1) is 16.9 Å². The smallest absolute Gasteiger partial charge is 0.329 e. The molecule has 0 aromatic heterocycles. The summed E-state index contributed by atoms with van der Waals surface area (Å²) in [6.45, 7) is 0. The van der Waals surface area contributed by atoms with Gasteiger partial charge in [-0.05, 0) is 25.0 Å². The summed E-state index contributed by atoms with van der Waals surface area (Å²) in [7, 11) is 0. The SMILES string of the molecule is O=C(CSC1CC1)ON1C(=O)c2ccccc2C1=O. The number of carbonyl (C=O) groups is 3. The highest BCUT2D eigenvalue weighted by Gasteiger charge is 2.38. The summed E-state index contributed by atoms with van der Waals surface area (Å²) in [6.07, 6.45) is 2.23. The Morgan fingerprint density at radius 3 is 2.32 bits per heavy atom. The van der Waals surface area contributed by atoms with E-state index in [4.69, 9.17) is 4.84 Å². The van der Waals surface area contributed by atoms with E-state index in [-0.39, 0.29) is 16.9 Å². The van der Waals surface area contributed by atoms with Crippen molar-refractivity contribution >= 4 is 29.5 Å². The summed E-state index contributed by atoms with van der Waals surface area (Å²) >= 11 is 1.50. The summed E-state index contributed by atoms with van der Waals surface area (Å²) in [6, 6.07) is 6.42. The van der Waals surface area contributed by atoms with Gasteiger partial charge in [-0.25, -0.2) is 4.79 Å². The van der Waals surface area contributed by atoms with Crippen LogP contribution in [0.15, 0.2) is 24.3 Å². The van der Waals surface area contributed by atoms with Crippen LogP contribution >= 0.6 is 11.8 Å². The Kier molecular flexibility index (Phi) is 3.02. The minimum Gasteiger partial charge on any atom is -0.329 e. The Hall–Kier alpha value is -1.82. The number of hydroxylamine groups is 2. The van der Waals surface area contributed by atoms with Crippen molar-refractivity contribution in [3.63, 3.8) is 0 Å². The number of thioether (sulfide) groups is 1. The Morgan fingerprint density at radius 2 is 1.79 bits per heavy atom. The molecule has 6 heteroatoms. The molecule has 0 radical (unpaired) electrons. The number of nitrogens with zero attached hydrogens (tertiary/aromatic N) is 1. The van der Waals surface area contributed by atoms with E-state index in [1.54, 1.807) is 24.3 Å². The van der Waals surface area contributed by atoms with E-state index in [0.29, 0.717) is 10.3 Å². The average molecular weight is 277 g/mol. The second kappa shape index (κ2) is 4.70. The maximum absolute atomic E-state index is 11.9. The molecule has 0 unspecified atom stereocenters. The number of hydrogen-bond donors (Lipinski definition) is 0. The lowest BCUT2D eigenvalue weighted by Gasteiger charge is -2.12. The van der Waals surface area contributed by atoms with Gasteiger partial charge < -0.3 is 4.84 Å². The van der Waals surface area contributed by atoms with Crippen molar-refractivity contribution in [3.05, 3.63) is 35.4 Å². The summed E-state index contributed by atoms with van der Waals surface area (Å²) in [5.74, 6) is -1.56. The first-order valence-electron chi connectivity index (χ1n) is 5.97. The minimum atomic E-state index is -0.578. The van der Waals surface area contributed by atoms with Gasteiger partial charge in [0.2, 0.25) is 0 Å². The van der Waals surface area contributed by atoms with Crippen molar-refractivity contribution in [2.24, 2.45) is 0 Å². The standard InChI is InChI=1S/C13H11NO4S/c15-11(7-19-8-5-6-8)18-14-12(16)9-3-1-2-4-10(9)13(14)17/h1-4,8H,5-7H2. The molecule has 19 heavy (non-hydrogen) atoms. The quantitative estimate of drug-likeness (QED) is 0.783. The van der Waals surface area contributed by atoms with Crippen molar-refractivity contribution in [3.8, 4) is 0 Å². The van der Waals surface area contributed by atoms with Crippen molar-refractivity contribution < 1.29 is 19.2 Å². The highest BCUT2D eigenvalue weighted by atomic mass is 32.2. The molecule has 0 bridgehead atoms. The van der Waals surface area contributed by atoms with Crippen LogP contribution in [0.5, 0.6) is 0 Å². The molecule has 1 fully saturated rings. The van der Waals surface area contributed by atoms with Gasteiger partial charge in [-0.1, -0.05) is 17.2 Å². The fraction of sp³-hybridized carbons (Fsp3) is 0.308. The molecule has 0 atom stereocenters. The molecule has 1 aromatic rings. The molecule has 5 nitrogen and oxygen atoms in total. The molecule has 98 valence electrons. The molecule has 1 aromatic carbocycles. The van der Waals surface area contributed by atoms with Gasteiger partial charge in [0.15, 0.2) is 0 Å². The molecule has 3 rings (SSSR count). The lowest BCUT2D eigenvalue weighted by Crippen LogP contribution is -2.33. The Labute approximate surface area is 113 Å². The molecular weight excluding hydrogens is 266 g/mol. The lowest BCUT2D eigenvalue weighted by molar-refractivity contribution is -0.165. The molecule has 0 saturated heterocycles. The third-order valence-electron chi connectivity index (χ3n) is 2.91. The molecular formula is C13H11NO4S. The zero-order valence-corrected chi connectivity index (χ0v) is 10.8. The Balaban J connectivity index is 1.67. The first kappa shape index (κ1) is 12.2. The fourth-order valence-corrected chi connectivity index (χ4v) is 2.69. The van der Waals surface area contributed by atoms with E-state index in [1.807, 2.05) is 0 Å². The third kappa shape index (κ3) is 2.35. The molecule has 2 aliphatic rings. The molecule has 0 N–H and O–H groups in total. The van der Waals surface area contributed by atoms with Crippen LogP contribution in [0.2, 0.25) is 0 Å². The van der Waals surface area contributed by atoms with Crippen molar-refractivity contribution in [1.82, 2.24) is 5.06 Å². The summed E-state index contributed by atoms with van der Waals surface area (Å²) < 4.78 is 0. The highest BCUT2D eigenvalue weighted by Crippen LogP contribution is 2.34. The summed E-state index contributed by atoms with van der Waals surface area (Å²) in [5, 5.41) is 1.08. The van der Waals surface area contributed by atoms with E-state index < -0.39 is 17.8 Å². The first-order chi connectivity index (χ1) is 9.16. The van der Waals surface area contributed by atoms with Crippen LogP contribution in [0, 0.1) is 0 Å². The number of carbonyl (C=O) groups excluding carboxylic acids is 3. The fourth-order valence-electron chi connectivity index (χ4n) is 1.80. The molecule has 0 spiro atoms. The van der Waals surface area contributed by atoms with E-state index in [9.17, 15) is 14.4 Å². The second-order valence-corrected chi connectivity index (χ2v) is 5.71. The first-order valence-corrected chi connectivity index (χ1v) is 7.02. The van der Waals surface area contributed by atoms with Crippen LogP contribution in [0.3, 0.4) is 0 Å². The molecule has 1 saturated carbocycles. The number of rotatable bonds is 4. The normalized spacial score (nSPS) is 17.6. The van der Waals surface area contributed by atoms with Crippen LogP contribution in [-0.2, 0) is 9.63 Å².